The fraction of sp³-hybridized carbons (Fsp3) is 0.636. The first-order valence-corrected chi connectivity index (χ1v) is 4.65. The van der Waals surface area contributed by atoms with Gasteiger partial charge in [-0.3, -0.25) is 0 Å². The summed E-state index contributed by atoms with van der Waals surface area (Å²) in [5, 5.41) is 9.64. The molecule has 0 saturated heterocycles. The highest BCUT2D eigenvalue weighted by molar-refractivity contribution is 5.10. The number of terminal acetylenes is 1. The maximum atomic E-state index is 9.64. The molecule has 1 atom stereocenters. The molecule has 1 aliphatic carbocycles. The van der Waals surface area contributed by atoms with Crippen molar-refractivity contribution in [3.05, 3.63) is 11.6 Å². The number of rotatable bonds is 3. The summed E-state index contributed by atoms with van der Waals surface area (Å²) in [7, 11) is 0. The van der Waals surface area contributed by atoms with Crippen LogP contribution < -0.4 is 0 Å². The van der Waals surface area contributed by atoms with E-state index >= 15 is 0 Å². The zero-order valence-electron chi connectivity index (χ0n) is 7.42. The molecule has 0 fully saturated rings. The van der Waals surface area contributed by atoms with Crippen LogP contribution in [0, 0.1) is 12.3 Å². The van der Waals surface area contributed by atoms with Crippen LogP contribution in [0.4, 0.5) is 0 Å². The van der Waals surface area contributed by atoms with Crippen LogP contribution in [0.1, 0.15) is 38.5 Å². The van der Waals surface area contributed by atoms with Gasteiger partial charge in [0.2, 0.25) is 0 Å². The van der Waals surface area contributed by atoms with Gasteiger partial charge in [-0.2, -0.15) is 0 Å². The highest BCUT2D eigenvalue weighted by atomic mass is 16.3. The molecular formula is C11H16O. The van der Waals surface area contributed by atoms with E-state index in [2.05, 4.69) is 12.0 Å². The molecule has 0 heterocycles. The molecule has 0 aromatic carbocycles. The van der Waals surface area contributed by atoms with E-state index in [4.69, 9.17) is 6.42 Å². The third-order valence-electron chi connectivity index (χ3n) is 2.32. The van der Waals surface area contributed by atoms with Crippen LogP contribution >= 0.6 is 0 Å². The van der Waals surface area contributed by atoms with Gasteiger partial charge in [0.25, 0.3) is 0 Å². The van der Waals surface area contributed by atoms with Crippen molar-refractivity contribution in [3.63, 3.8) is 0 Å². The summed E-state index contributed by atoms with van der Waals surface area (Å²) in [5.41, 5.74) is 1.21. The average Bonchev–Trinajstić information content (AvgIpc) is 2.15. The van der Waals surface area contributed by atoms with Gasteiger partial charge >= 0.3 is 0 Å². The average molecular weight is 164 g/mol. The quantitative estimate of drug-likeness (QED) is 0.501. The molecule has 12 heavy (non-hydrogen) atoms. The molecule has 1 N–H and O–H groups in total. The van der Waals surface area contributed by atoms with Gasteiger partial charge in [0.05, 0.1) is 6.10 Å². The monoisotopic (exact) mass is 164 g/mol. The Labute approximate surface area is 74.5 Å². The molecule has 0 saturated carbocycles. The SMILES string of the molecule is C#CCCC(O)C1=CCCCC1. The van der Waals surface area contributed by atoms with Crippen LogP contribution in [0.5, 0.6) is 0 Å². The van der Waals surface area contributed by atoms with Crippen molar-refractivity contribution in [1.82, 2.24) is 0 Å². The molecule has 1 heteroatoms. The minimum Gasteiger partial charge on any atom is -0.389 e. The molecule has 0 aliphatic heterocycles. The molecule has 66 valence electrons. The predicted octanol–water partition coefficient (Wildman–Crippen LogP) is 2.26. The minimum atomic E-state index is -0.277. The first-order valence-electron chi connectivity index (χ1n) is 4.65. The lowest BCUT2D eigenvalue weighted by Crippen LogP contribution is -2.11. The van der Waals surface area contributed by atoms with E-state index in [-0.39, 0.29) is 6.10 Å². The second kappa shape index (κ2) is 5.00. The second-order valence-electron chi connectivity index (χ2n) is 3.28. The van der Waals surface area contributed by atoms with Gasteiger partial charge in [0.15, 0.2) is 0 Å². The second-order valence-corrected chi connectivity index (χ2v) is 3.28. The number of hydrogen-bond donors (Lipinski definition) is 1. The van der Waals surface area contributed by atoms with Crippen molar-refractivity contribution in [2.75, 3.05) is 0 Å². The van der Waals surface area contributed by atoms with E-state index < -0.39 is 0 Å². The first kappa shape index (κ1) is 9.35. The highest BCUT2D eigenvalue weighted by Crippen LogP contribution is 2.22. The van der Waals surface area contributed by atoms with Crippen LogP contribution in [0.3, 0.4) is 0 Å². The first-order chi connectivity index (χ1) is 5.84. The molecule has 0 aromatic heterocycles. The molecule has 1 nitrogen and oxygen atoms in total. The number of aliphatic hydroxyl groups is 1. The molecule has 0 aromatic rings. The van der Waals surface area contributed by atoms with Crippen LogP contribution in [-0.2, 0) is 0 Å². The van der Waals surface area contributed by atoms with Gasteiger partial charge in [-0.15, -0.1) is 12.3 Å². The Morgan fingerprint density at radius 2 is 2.42 bits per heavy atom. The number of hydrogen-bond acceptors (Lipinski definition) is 1. The van der Waals surface area contributed by atoms with Gasteiger partial charge in [-0.25, -0.2) is 0 Å². The summed E-state index contributed by atoms with van der Waals surface area (Å²) in [6, 6.07) is 0. The largest absolute Gasteiger partial charge is 0.389 e. The lowest BCUT2D eigenvalue weighted by Gasteiger charge is -2.17. The molecule has 1 rings (SSSR count). The van der Waals surface area contributed by atoms with Gasteiger partial charge in [0, 0.05) is 6.42 Å². The molecule has 1 aliphatic rings. The number of aliphatic hydroxyl groups excluding tert-OH is 1. The van der Waals surface area contributed by atoms with Crippen LogP contribution in [-0.4, -0.2) is 11.2 Å². The van der Waals surface area contributed by atoms with Crippen molar-refractivity contribution in [3.8, 4) is 12.3 Å². The topological polar surface area (TPSA) is 20.2 Å². The zero-order valence-corrected chi connectivity index (χ0v) is 7.42. The van der Waals surface area contributed by atoms with Crippen molar-refractivity contribution in [1.29, 1.82) is 0 Å². The Balaban J connectivity index is 2.35. The van der Waals surface area contributed by atoms with Gasteiger partial charge in [0.1, 0.15) is 0 Å². The Hall–Kier alpha value is -0.740. The lowest BCUT2D eigenvalue weighted by molar-refractivity contribution is 0.195. The van der Waals surface area contributed by atoms with Crippen molar-refractivity contribution < 1.29 is 5.11 Å². The van der Waals surface area contributed by atoms with Crippen LogP contribution in [0.25, 0.3) is 0 Å². The Morgan fingerprint density at radius 3 is 3.00 bits per heavy atom. The van der Waals surface area contributed by atoms with Gasteiger partial charge < -0.3 is 5.11 Å². The van der Waals surface area contributed by atoms with Gasteiger partial charge in [-0.1, -0.05) is 6.08 Å². The van der Waals surface area contributed by atoms with E-state index in [9.17, 15) is 5.11 Å². The summed E-state index contributed by atoms with van der Waals surface area (Å²) >= 11 is 0. The van der Waals surface area contributed by atoms with Crippen LogP contribution in [0.2, 0.25) is 0 Å². The summed E-state index contributed by atoms with van der Waals surface area (Å²) in [4.78, 5) is 0. The summed E-state index contributed by atoms with van der Waals surface area (Å²) in [6.07, 6.45) is 13.1. The Bertz CT molecular complexity index is 198. The lowest BCUT2D eigenvalue weighted by atomic mass is 9.93. The predicted molar refractivity (Wildman–Crippen MR) is 50.6 cm³/mol. The maximum Gasteiger partial charge on any atom is 0.0759 e. The van der Waals surface area contributed by atoms with E-state index in [0.717, 1.165) is 19.3 Å². The maximum absolute atomic E-state index is 9.64. The summed E-state index contributed by atoms with van der Waals surface area (Å²) in [5.74, 6) is 2.55. The normalized spacial score (nSPS) is 19.5. The number of allylic oxidation sites excluding steroid dienone is 1. The van der Waals surface area contributed by atoms with Crippen LogP contribution in [0.15, 0.2) is 11.6 Å². The smallest absolute Gasteiger partial charge is 0.0759 e. The van der Waals surface area contributed by atoms with Crippen molar-refractivity contribution in [2.24, 2.45) is 0 Å². The van der Waals surface area contributed by atoms with E-state index in [1.807, 2.05) is 0 Å². The zero-order chi connectivity index (χ0) is 8.81. The van der Waals surface area contributed by atoms with Gasteiger partial charge in [-0.05, 0) is 37.7 Å². The van der Waals surface area contributed by atoms with E-state index in [1.165, 1.54) is 18.4 Å². The molecule has 1 unspecified atom stereocenters. The third kappa shape index (κ3) is 2.71. The fourth-order valence-electron chi connectivity index (χ4n) is 1.57. The standard InChI is InChI=1S/C11H16O/c1-2-3-9-11(12)10-7-5-4-6-8-10/h1,7,11-12H,3-6,8-9H2. The third-order valence-corrected chi connectivity index (χ3v) is 2.32. The van der Waals surface area contributed by atoms with Crippen molar-refractivity contribution >= 4 is 0 Å². The van der Waals surface area contributed by atoms with Crippen molar-refractivity contribution in [2.45, 2.75) is 44.6 Å². The fourth-order valence-corrected chi connectivity index (χ4v) is 1.57. The minimum absolute atomic E-state index is 0.277. The molecule has 0 bridgehead atoms. The highest BCUT2D eigenvalue weighted by Gasteiger charge is 2.11. The summed E-state index contributed by atoms with van der Waals surface area (Å²) < 4.78 is 0. The molecule has 0 amide bonds. The molecule has 0 radical (unpaired) electrons. The molecular weight excluding hydrogens is 148 g/mol. The Kier molecular flexibility index (Phi) is 3.90. The van der Waals surface area contributed by atoms with E-state index in [0.29, 0.717) is 6.42 Å². The molecule has 0 spiro atoms. The summed E-state index contributed by atoms with van der Waals surface area (Å²) in [6.45, 7) is 0. The Morgan fingerprint density at radius 1 is 1.58 bits per heavy atom. The van der Waals surface area contributed by atoms with E-state index in [1.54, 1.807) is 0 Å².